The fourth-order valence-electron chi connectivity index (χ4n) is 1.79. The standard InChI is InChI=1S/C16H17N3O3/c1-2-22-16-12(7-6-10-17-16)11-18-14(20)15(21)19-13-8-4-3-5-9-13/h3-10H,2,11H2,1H3,(H,18,20)(H,19,21). The molecule has 2 N–H and O–H groups in total. The number of carbonyl (C=O) groups is 2. The van der Waals surface area contributed by atoms with Crippen molar-refractivity contribution >= 4 is 17.5 Å². The fraction of sp³-hybridized carbons (Fsp3) is 0.188. The van der Waals surface area contributed by atoms with Crippen LogP contribution in [0.3, 0.4) is 0 Å². The second-order valence-corrected chi connectivity index (χ2v) is 4.40. The molecule has 2 rings (SSSR count). The Bertz CT molecular complexity index is 644. The number of benzene rings is 1. The van der Waals surface area contributed by atoms with Gasteiger partial charge in [-0.2, -0.15) is 0 Å². The summed E-state index contributed by atoms with van der Waals surface area (Å²) < 4.78 is 5.36. The molecule has 0 saturated carbocycles. The molecule has 0 spiro atoms. The number of nitrogens with one attached hydrogen (secondary N) is 2. The monoisotopic (exact) mass is 299 g/mol. The van der Waals surface area contributed by atoms with Crippen molar-refractivity contribution in [2.45, 2.75) is 13.5 Å². The van der Waals surface area contributed by atoms with E-state index in [0.717, 1.165) is 0 Å². The van der Waals surface area contributed by atoms with Gasteiger partial charge in [0.05, 0.1) is 6.61 Å². The third-order valence-corrected chi connectivity index (χ3v) is 2.81. The zero-order chi connectivity index (χ0) is 15.8. The van der Waals surface area contributed by atoms with Crippen LogP contribution in [0.25, 0.3) is 0 Å². The minimum atomic E-state index is -0.715. The molecule has 6 nitrogen and oxygen atoms in total. The van der Waals surface area contributed by atoms with E-state index in [-0.39, 0.29) is 6.54 Å². The van der Waals surface area contributed by atoms with Gasteiger partial charge >= 0.3 is 11.8 Å². The molecule has 1 aromatic heterocycles. The molecular formula is C16H17N3O3. The second-order valence-electron chi connectivity index (χ2n) is 4.40. The predicted octanol–water partition coefficient (Wildman–Crippen LogP) is 1.74. The number of aromatic nitrogens is 1. The molecule has 2 aromatic rings. The van der Waals surface area contributed by atoms with Crippen molar-refractivity contribution in [3.8, 4) is 5.88 Å². The van der Waals surface area contributed by atoms with Gasteiger partial charge in [0.25, 0.3) is 0 Å². The molecule has 0 aliphatic rings. The van der Waals surface area contributed by atoms with E-state index >= 15 is 0 Å². The average Bonchev–Trinajstić information content (AvgIpc) is 2.55. The zero-order valence-electron chi connectivity index (χ0n) is 12.2. The topological polar surface area (TPSA) is 80.3 Å². The fourth-order valence-corrected chi connectivity index (χ4v) is 1.79. The van der Waals surface area contributed by atoms with Crippen LogP contribution in [0.2, 0.25) is 0 Å². The van der Waals surface area contributed by atoms with E-state index in [9.17, 15) is 9.59 Å². The molecule has 0 bridgehead atoms. The van der Waals surface area contributed by atoms with Crippen LogP contribution in [-0.4, -0.2) is 23.4 Å². The summed E-state index contributed by atoms with van der Waals surface area (Å²) in [4.78, 5) is 27.7. The Hall–Kier alpha value is -2.89. The minimum absolute atomic E-state index is 0.171. The van der Waals surface area contributed by atoms with Crippen LogP contribution in [0.1, 0.15) is 12.5 Å². The first kappa shape index (κ1) is 15.5. The highest BCUT2D eigenvalue weighted by Gasteiger charge is 2.14. The van der Waals surface area contributed by atoms with E-state index in [0.29, 0.717) is 23.7 Å². The van der Waals surface area contributed by atoms with Gasteiger partial charge in [-0.05, 0) is 25.1 Å². The van der Waals surface area contributed by atoms with Gasteiger partial charge in [0.2, 0.25) is 5.88 Å². The first-order valence-corrected chi connectivity index (χ1v) is 6.91. The molecule has 0 saturated heterocycles. The third-order valence-electron chi connectivity index (χ3n) is 2.81. The molecule has 6 heteroatoms. The molecule has 1 aromatic carbocycles. The lowest BCUT2D eigenvalue weighted by atomic mass is 10.2. The Kier molecular flexibility index (Phi) is 5.48. The molecule has 0 unspecified atom stereocenters. The lowest BCUT2D eigenvalue weighted by Gasteiger charge is -2.10. The number of hydrogen-bond donors (Lipinski definition) is 2. The van der Waals surface area contributed by atoms with Crippen molar-refractivity contribution in [2.24, 2.45) is 0 Å². The number of hydrogen-bond acceptors (Lipinski definition) is 4. The van der Waals surface area contributed by atoms with Crippen molar-refractivity contribution in [3.63, 3.8) is 0 Å². The summed E-state index contributed by atoms with van der Waals surface area (Å²) in [6.45, 7) is 2.50. The number of anilines is 1. The third kappa shape index (κ3) is 4.31. The highest BCUT2D eigenvalue weighted by Crippen LogP contribution is 2.13. The molecule has 0 fully saturated rings. The van der Waals surface area contributed by atoms with Gasteiger partial charge in [-0.25, -0.2) is 4.98 Å². The van der Waals surface area contributed by atoms with Gasteiger partial charge in [0.1, 0.15) is 0 Å². The number of rotatable bonds is 5. The summed E-state index contributed by atoms with van der Waals surface area (Å²) in [6.07, 6.45) is 1.61. The molecule has 22 heavy (non-hydrogen) atoms. The Balaban J connectivity index is 1.91. The highest BCUT2D eigenvalue weighted by atomic mass is 16.5. The Morgan fingerprint density at radius 3 is 2.59 bits per heavy atom. The van der Waals surface area contributed by atoms with Crippen LogP contribution < -0.4 is 15.4 Å². The Labute approximate surface area is 128 Å². The van der Waals surface area contributed by atoms with E-state index < -0.39 is 11.8 Å². The normalized spacial score (nSPS) is 9.86. The van der Waals surface area contributed by atoms with E-state index in [1.165, 1.54) is 0 Å². The number of carbonyl (C=O) groups excluding carboxylic acids is 2. The summed E-state index contributed by atoms with van der Waals surface area (Å²) in [7, 11) is 0. The van der Waals surface area contributed by atoms with E-state index in [4.69, 9.17) is 4.74 Å². The summed E-state index contributed by atoms with van der Waals surface area (Å²) in [6, 6.07) is 12.3. The SMILES string of the molecule is CCOc1ncccc1CNC(=O)C(=O)Nc1ccccc1. The molecule has 0 aliphatic carbocycles. The minimum Gasteiger partial charge on any atom is -0.478 e. The molecule has 2 amide bonds. The molecule has 0 radical (unpaired) electrons. The number of amides is 2. The molecule has 114 valence electrons. The van der Waals surface area contributed by atoms with Gasteiger partial charge in [-0.15, -0.1) is 0 Å². The molecule has 0 atom stereocenters. The Morgan fingerprint density at radius 1 is 1.09 bits per heavy atom. The molecule has 0 aliphatic heterocycles. The van der Waals surface area contributed by atoms with Crippen LogP contribution in [0, 0.1) is 0 Å². The molecular weight excluding hydrogens is 282 g/mol. The Morgan fingerprint density at radius 2 is 1.86 bits per heavy atom. The van der Waals surface area contributed by atoms with Crippen molar-refractivity contribution in [2.75, 3.05) is 11.9 Å². The van der Waals surface area contributed by atoms with Crippen LogP contribution in [0.15, 0.2) is 48.7 Å². The predicted molar refractivity (Wildman–Crippen MR) is 82.3 cm³/mol. The summed E-state index contributed by atoms with van der Waals surface area (Å²) in [5, 5.41) is 5.07. The number of para-hydroxylation sites is 1. The number of ether oxygens (including phenoxy) is 1. The van der Waals surface area contributed by atoms with Gasteiger partial charge in [0.15, 0.2) is 0 Å². The van der Waals surface area contributed by atoms with Gasteiger partial charge in [0, 0.05) is 24.0 Å². The maximum Gasteiger partial charge on any atom is 0.313 e. The first-order valence-electron chi connectivity index (χ1n) is 6.91. The van der Waals surface area contributed by atoms with Crippen LogP contribution >= 0.6 is 0 Å². The average molecular weight is 299 g/mol. The lowest BCUT2D eigenvalue weighted by Crippen LogP contribution is -2.35. The maximum absolute atomic E-state index is 11.8. The van der Waals surface area contributed by atoms with Crippen LogP contribution in [0.4, 0.5) is 5.69 Å². The quantitative estimate of drug-likeness (QED) is 0.824. The van der Waals surface area contributed by atoms with Gasteiger partial charge < -0.3 is 15.4 Å². The van der Waals surface area contributed by atoms with Crippen molar-refractivity contribution in [3.05, 3.63) is 54.2 Å². The first-order chi connectivity index (χ1) is 10.7. The van der Waals surface area contributed by atoms with Crippen LogP contribution in [-0.2, 0) is 16.1 Å². The van der Waals surface area contributed by atoms with E-state index in [2.05, 4.69) is 15.6 Å². The van der Waals surface area contributed by atoms with Crippen molar-refractivity contribution < 1.29 is 14.3 Å². The second kappa shape index (κ2) is 7.78. The maximum atomic E-state index is 11.8. The van der Waals surface area contributed by atoms with Crippen molar-refractivity contribution in [1.82, 2.24) is 10.3 Å². The largest absolute Gasteiger partial charge is 0.478 e. The zero-order valence-corrected chi connectivity index (χ0v) is 12.2. The highest BCUT2D eigenvalue weighted by molar-refractivity contribution is 6.39. The van der Waals surface area contributed by atoms with Crippen LogP contribution in [0.5, 0.6) is 5.88 Å². The summed E-state index contributed by atoms with van der Waals surface area (Å²) >= 11 is 0. The van der Waals surface area contributed by atoms with Crippen molar-refractivity contribution in [1.29, 1.82) is 0 Å². The molecule has 1 heterocycles. The summed E-state index contributed by atoms with van der Waals surface area (Å²) in [5.41, 5.74) is 1.28. The summed E-state index contributed by atoms with van der Waals surface area (Å²) in [5.74, 6) is -0.975. The number of nitrogens with zero attached hydrogens (tertiary/aromatic N) is 1. The number of pyridine rings is 1. The van der Waals surface area contributed by atoms with Gasteiger partial charge in [-0.1, -0.05) is 24.3 Å². The van der Waals surface area contributed by atoms with E-state index in [1.807, 2.05) is 13.0 Å². The smallest absolute Gasteiger partial charge is 0.313 e. The van der Waals surface area contributed by atoms with Gasteiger partial charge in [-0.3, -0.25) is 9.59 Å². The van der Waals surface area contributed by atoms with E-state index in [1.54, 1.807) is 42.6 Å². The lowest BCUT2D eigenvalue weighted by molar-refractivity contribution is -0.136.